The first-order valence-corrected chi connectivity index (χ1v) is 12.8. The number of methoxy groups -OCH3 is 1. The van der Waals surface area contributed by atoms with Crippen LogP contribution in [0.1, 0.15) is 74.1 Å². The number of furan rings is 1. The van der Waals surface area contributed by atoms with Gasteiger partial charge < -0.3 is 13.9 Å². The van der Waals surface area contributed by atoms with Gasteiger partial charge in [0.2, 0.25) is 0 Å². The van der Waals surface area contributed by atoms with Gasteiger partial charge in [-0.3, -0.25) is 4.79 Å². The summed E-state index contributed by atoms with van der Waals surface area (Å²) in [5, 5.41) is 0.569. The Morgan fingerprint density at radius 3 is 2.63 bits per heavy atom. The Morgan fingerprint density at radius 1 is 1.17 bits per heavy atom. The fraction of sp³-hybridized carbons (Fsp3) is 0.517. The fourth-order valence-corrected chi connectivity index (χ4v) is 6.90. The molecule has 6 heteroatoms. The highest BCUT2D eigenvalue weighted by atomic mass is 35.5. The Hall–Kier alpha value is -2.53. The van der Waals surface area contributed by atoms with Crippen molar-refractivity contribution >= 4 is 23.5 Å². The molecule has 0 spiro atoms. The van der Waals surface area contributed by atoms with Crippen LogP contribution >= 0.6 is 11.6 Å². The number of carbonyl (C=O) groups is 2. The van der Waals surface area contributed by atoms with Gasteiger partial charge in [0.25, 0.3) is 0 Å². The Kier molecular flexibility index (Phi) is 7.46. The van der Waals surface area contributed by atoms with Gasteiger partial charge in [-0.1, -0.05) is 37.1 Å². The minimum absolute atomic E-state index is 0.00146. The number of ether oxygens (including phenoxy) is 2. The van der Waals surface area contributed by atoms with E-state index in [-0.39, 0.29) is 23.9 Å². The molecule has 0 amide bonds. The number of esters is 2. The van der Waals surface area contributed by atoms with Crippen LogP contribution in [-0.4, -0.2) is 19.0 Å². The van der Waals surface area contributed by atoms with Crippen LogP contribution in [0.4, 0.5) is 0 Å². The molecule has 2 fully saturated rings. The Morgan fingerprint density at radius 2 is 1.91 bits per heavy atom. The summed E-state index contributed by atoms with van der Waals surface area (Å²) in [5.41, 5.74) is 2.32. The molecule has 188 valence electrons. The fourth-order valence-electron chi connectivity index (χ4n) is 6.78. The second kappa shape index (κ2) is 10.2. The van der Waals surface area contributed by atoms with Crippen molar-refractivity contribution in [3.05, 3.63) is 70.7 Å². The van der Waals surface area contributed by atoms with E-state index in [4.69, 9.17) is 25.5 Å². The van der Waals surface area contributed by atoms with E-state index < -0.39 is 11.4 Å². The highest BCUT2D eigenvalue weighted by Crippen LogP contribution is 2.62. The molecule has 1 aromatic carbocycles. The minimum atomic E-state index is -0.447. The first-order chi connectivity index (χ1) is 16.7. The second-order valence-electron chi connectivity index (χ2n) is 10.6. The van der Waals surface area contributed by atoms with Gasteiger partial charge in [0.1, 0.15) is 12.4 Å². The maximum atomic E-state index is 12.8. The molecule has 5 nitrogen and oxygen atoms in total. The number of allylic oxidation sites excluding steroid dienone is 1. The average molecular weight is 499 g/mol. The van der Waals surface area contributed by atoms with Gasteiger partial charge >= 0.3 is 11.9 Å². The number of benzene rings is 1. The van der Waals surface area contributed by atoms with E-state index in [2.05, 4.69) is 20.4 Å². The molecule has 2 aliphatic carbocycles. The third-order valence-corrected chi connectivity index (χ3v) is 8.88. The van der Waals surface area contributed by atoms with E-state index in [0.717, 1.165) is 50.5 Å². The van der Waals surface area contributed by atoms with Crippen molar-refractivity contribution in [3.63, 3.8) is 0 Å². The molecule has 2 aliphatic rings. The smallest absolute Gasteiger partial charge is 0.338 e. The summed E-state index contributed by atoms with van der Waals surface area (Å²) in [4.78, 5) is 25.2. The van der Waals surface area contributed by atoms with E-state index in [1.807, 2.05) is 6.07 Å². The molecule has 0 bridgehead atoms. The van der Waals surface area contributed by atoms with Crippen molar-refractivity contribution in [1.82, 2.24) is 0 Å². The molecule has 2 aromatic rings. The zero-order valence-corrected chi connectivity index (χ0v) is 21.7. The highest BCUT2D eigenvalue weighted by molar-refractivity contribution is 6.30. The second-order valence-corrected chi connectivity index (χ2v) is 11.0. The van der Waals surface area contributed by atoms with Gasteiger partial charge in [-0.05, 0) is 98.6 Å². The lowest BCUT2D eigenvalue weighted by molar-refractivity contribution is -0.168. The standard InChI is InChI=1S/C29H35ClO5/c1-19-6-13-25-28(2,15-5-16-29(25,3)27(32)33-4)23(19)12-9-20-14-17-34-24(20)18-35-26(31)21-7-10-22(30)11-8-21/h7-8,10-11,14,17,23,25H,1,5-6,9,12-13,15-16,18H2,2-4H3/t23-,25-,28-,29+/m0/s1. The van der Waals surface area contributed by atoms with Crippen molar-refractivity contribution in [2.75, 3.05) is 7.11 Å². The summed E-state index contributed by atoms with van der Waals surface area (Å²) >= 11 is 5.90. The molecular weight excluding hydrogens is 464 g/mol. The number of hydrogen-bond donors (Lipinski definition) is 0. The van der Waals surface area contributed by atoms with Gasteiger partial charge in [0.05, 0.1) is 24.4 Å². The largest absolute Gasteiger partial charge is 0.469 e. The maximum absolute atomic E-state index is 12.8. The van der Waals surface area contributed by atoms with Crippen LogP contribution in [0.2, 0.25) is 5.02 Å². The number of fused-ring (bicyclic) bond motifs is 1. The lowest BCUT2D eigenvalue weighted by Crippen LogP contribution is -2.53. The van der Waals surface area contributed by atoms with E-state index >= 15 is 0 Å². The van der Waals surface area contributed by atoms with Crippen molar-refractivity contribution in [1.29, 1.82) is 0 Å². The third-order valence-electron chi connectivity index (χ3n) is 8.63. The van der Waals surface area contributed by atoms with Crippen LogP contribution in [0.25, 0.3) is 0 Å². The number of carbonyl (C=O) groups excluding carboxylic acids is 2. The minimum Gasteiger partial charge on any atom is -0.469 e. The molecule has 1 aromatic heterocycles. The van der Waals surface area contributed by atoms with Gasteiger partial charge in [-0.15, -0.1) is 0 Å². The van der Waals surface area contributed by atoms with Crippen LogP contribution in [0.3, 0.4) is 0 Å². The predicted molar refractivity (Wildman–Crippen MR) is 135 cm³/mol. The zero-order chi connectivity index (χ0) is 25.2. The Bertz CT molecular complexity index is 1090. The molecule has 0 unspecified atom stereocenters. The zero-order valence-electron chi connectivity index (χ0n) is 20.9. The van der Waals surface area contributed by atoms with Crippen LogP contribution < -0.4 is 0 Å². The Labute approximate surface area is 212 Å². The van der Waals surface area contributed by atoms with Gasteiger partial charge in [-0.25, -0.2) is 4.79 Å². The number of halogens is 1. The SMILES string of the molecule is C=C1CC[C@H]2[C@@](C)(CCC[C@@]2(C)C(=O)OC)[C@H]1CCc1ccoc1COC(=O)c1ccc(Cl)cc1. The van der Waals surface area contributed by atoms with Crippen molar-refractivity contribution in [3.8, 4) is 0 Å². The van der Waals surface area contributed by atoms with Crippen molar-refractivity contribution < 1.29 is 23.5 Å². The van der Waals surface area contributed by atoms with Crippen LogP contribution in [-0.2, 0) is 27.3 Å². The van der Waals surface area contributed by atoms with Gasteiger partial charge in [0.15, 0.2) is 0 Å². The number of hydrogen-bond acceptors (Lipinski definition) is 5. The Balaban J connectivity index is 1.44. The molecule has 0 radical (unpaired) electrons. The summed E-state index contributed by atoms with van der Waals surface area (Å²) in [6.45, 7) is 8.96. The topological polar surface area (TPSA) is 65.7 Å². The lowest BCUT2D eigenvalue weighted by Gasteiger charge is -2.57. The summed E-state index contributed by atoms with van der Waals surface area (Å²) in [6, 6.07) is 8.57. The summed E-state index contributed by atoms with van der Waals surface area (Å²) in [7, 11) is 1.50. The molecule has 1 heterocycles. The van der Waals surface area contributed by atoms with Crippen LogP contribution in [0, 0.1) is 22.7 Å². The van der Waals surface area contributed by atoms with Crippen LogP contribution in [0.5, 0.6) is 0 Å². The lowest BCUT2D eigenvalue weighted by atomic mass is 9.46. The van der Waals surface area contributed by atoms with Crippen molar-refractivity contribution in [2.45, 2.75) is 65.4 Å². The van der Waals surface area contributed by atoms with E-state index in [9.17, 15) is 9.59 Å². The predicted octanol–water partition coefficient (Wildman–Crippen LogP) is 7.17. The molecule has 0 N–H and O–H groups in total. The monoisotopic (exact) mass is 498 g/mol. The van der Waals surface area contributed by atoms with E-state index in [0.29, 0.717) is 22.3 Å². The molecule has 2 saturated carbocycles. The molecule has 4 atom stereocenters. The maximum Gasteiger partial charge on any atom is 0.338 e. The van der Waals surface area contributed by atoms with Crippen molar-refractivity contribution in [2.24, 2.45) is 22.7 Å². The average Bonchev–Trinajstić information content (AvgIpc) is 3.29. The quantitative estimate of drug-likeness (QED) is 0.299. The normalized spacial score (nSPS) is 28.3. The molecule has 0 saturated heterocycles. The van der Waals surface area contributed by atoms with Crippen LogP contribution in [0.15, 0.2) is 53.2 Å². The van der Waals surface area contributed by atoms with Gasteiger partial charge in [0, 0.05) is 5.02 Å². The first kappa shape index (κ1) is 25.6. The summed E-state index contributed by atoms with van der Waals surface area (Å²) in [5.74, 6) is 0.753. The van der Waals surface area contributed by atoms with E-state index in [1.165, 1.54) is 12.7 Å². The molecule has 35 heavy (non-hydrogen) atoms. The first-order valence-electron chi connectivity index (χ1n) is 12.4. The highest BCUT2D eigenvalue weighted by Gasteiger charge is 2.57. The third kappa shape index (κ3) is 4.93. The summed E-state index contributed by atoms with van der Waals surface area (Å²) in [6.07, 6.45) is 8.26. The molecule has 0 aliphatic heterocycles. The van der Waals surface area contributed by atoms with Gasteiger partial charge in [-0.2, -0.15) is 0 Å². The number of rotatable bonds is 7. The molecule has 4 rings (SSSR count). The number of aryl methyl sites for hydroxylation is 1. The molecular formula is C29H35ClO5. The summed E-state index contributed by atoms with van der Waals surface area (Å²) < 4.78 is 16.4. The van der Waals surface area contributed by atoms with E-state index in [1.54, 1.807) is 30.5 Å².